The van der Waals surface area contributed by atoms with Crippen LogP contribution in [0.5, 0.6) is 11.5 Å². The molecule has 0 atom stereocenters. The Bertz CT molecular complexity index is 1410. The van der Waals surface area contributed by atoms with Crippen LogP contribution >= 0.6 is 0 Å². The van der Waals surface area contributed by atoms with Crippen LogP contribution in [0.1, 0.15) is 83.0 Å². The van der Waals surface area contributed by atoms with Gasteiger partial charge in [-0.25, -0.2) is 19.2 Å². The van der Waals surface area contributed by atoms with E-state index < -0.39 is 46.6 Å². The van der Waals surface area contributed by atoms with E-state index in [1.165, 1.54) is 24.3 Å². The summed E-state index contributed by atoms with van der Waals surface area (Å²) >= 11 is 0. The molecule has 0 saturated carbocycles. The van der Waals surface area contributed by atoms with Crippen LogP contribution in [0.3, 0.4) is 0 Å². The molecule has 0 amide bonds. The van der Waals surface area contributed by atoms with Gasteiger partial charge in [0.2, 0.25) is 0 Å². The fraction of sp³-hybridized carbons (Fsp3) is 0.267. The van der Waals surface area contributed by atoms with E-state index in [9.17, 15) is 39.6 Å². The van der Waals surface area contributed by atoms with Crippen molar-refractivity contribution in [3.63, 3.8) is 0 Å². The number of benzene rings is 3. The molecule has 210 valence electrons. The van der Waals surface area contributed by atoms with Crippen LogP contribution in [0, 0.1) is 0 Å². The van der Waals surface area contributed by atoms with Crippen LogP contribution in [0.15, 0.2) is 48.5 Å². The lowest BCUT2D eigenvalue weighted by Crippen LogP contribution is -2.26. The number of hydrogen-bond acceptors (Lipinski definition) is 8. The minimum atomic E-state index is -1.36. The molecule has 0 aromatic heterocycles. The smallest absolute Gasteiger partial charge is 0.339 e. The Morgan fingerprint density at radius 2 is 0.875 bits per heavy atom. The van der Waals surface area contributed by atoms with Crippen molar-refractivity contribution >= 4 is 23.9 Å². The molecule has 0 aliphatic carbocycles. The highest BCUT2D eigenvalue weighted by molar-refractivity contribution is 6.06. The van der Waals surface area contributed by atoms with Crippen molar-refractivity contribution in [1.82, 2.24) is 0 Å². The summed E-state index contributed by atoms with van der Waals surface area (Å²) in [5, 5.41) is 39.3. The lowest BCUT2D eigenvalue weighted by molar-refractivity contribution is 0.00532. The van der Waals surface area contributed by atoms with Gasteiger partial charge >= 0.3 is 23.9 Å². The molecule has 0 aliphatic heterocycles. The number of carbonyl (C=O) groups is 4. The van der Waals surface area contributed by atoms with Gasteiger partial charge in [-0.05, 0) is 100 Å². The minimum absolute atomic E-state index is 0.0403. The van der Waals surface area contributed by atoms with E-state index in [0.717, 1.165) is 24.3 Å². The number of carboxylic acid groups (broad SMARTS) is 2. The summed E-state index contributed by atoms with van der Waals surface area (Å²) in [6.07, 6.45) is 0. The number of ether oxygens (including phenoxy) is 2. The predicted molar refractivity (Wildman–Crippen MR) is 145 cm³/mol. The summed E-state index contributed by atoms with van der Waals surface area (Å²) in [6.45, 7) is 9.98. The zero-order valence-corrected chi connectivity index (χ0v) is 22.9. The van der Waals surface area contributed by atoms with Crippen molar-refractivity contribution in [3.05, 3.63) is 70.8 Å². The molecular formula is C30H30O10. The second-order valence-electron chi connectivity index (χ2n) is 11.0. The molecule has 0 bridgehead atoms. The van der Waals surface area contributed by atoms with Crippen molar-refractivity contribution < 1.29 is 49.1 Å². The largest absolute Gasteiger partial charge is 0.507 e. The number of hydrogen-bond donors (Lipinski definition) is 4. The lowest BCUT2D eigenvalue weighted by Gasteiger charge is -2.24. The number of rotatable bonds is 6. The van der Waals surface area contributed by atoms with Gasteiger partial charge in [-0.2, -0.15) is 0 Å². The van der Waals surface area contributed by atoms with Crippen LogP contribution in [0.4, 0.5) is 0 Å². The van der Waals surface area contributed by atoms with E-state index in [4.69, 9.17) is 9.47 Å². The first-order valence-corrected chi connectivity index (χ1v) is 12.2. The first-order chi connectivity index (χ1) is 18.4. The Morgan fingerprint density at radius 3 is 1.12 bits per heavy atom. The third-order valence-electron chi connectivity index (χ3n) is 5.47. The zero-order chi connectivity index (χ0) is 30.2. The molecule has 0 spiro atoms. The van der Waals surface area contributed by atoms with Crippen molar-refractivity contribution in [2.24, 2.45) is 0 Å². The maximum Gasteiger partial charge on any atom is 0.339 e. The van der Waals surface area contributed by atoms with Crippen LogP contribution in [-0.4, -0.2) is 55.5 Å². The summed E-state index contributed by atoms with van der Waals surface area (Å²) in [4.78, 5) is 49.6. The molecule has 4 N–H and O–H groups in total. The van der Waals surface area contributed by atoms with Gasteiger partial charge in [-0.1, -0.05) is 12.1 Å². The molecule has 3 aromatic carbocycles. The monoisotopic (exact) mass is 550 g/mol. The summed E-state index contributed by atoms with van der Waals surface area (Å²) < 4.78 is 11.2. The lowest BCUT2D eigenvalue weighted by atomic mass is 9.89. The maximum atomic E-state index is 13.4. The van der Waals surface area contributed by atoms with Gasteiger partial charge in [-0.15, -0.1) is 0 Å². The molecule has 10 nitrogen and oxygen atoms in total. The molecule has 0 unspecified atom stereocenters. The molecular weight excluding hydrogens is 520 g/mol. The van der Waals surface area contributed by atoms with Crippen molar-refractivity contribution in [1.29, 1.82) is 0 Å². The number of carboxylic acids is 2. The first kappa shape index (κ1) is 29.7. The van der Waals surface area contributed by atoms with E-state index in [-0.39, 0.29) is 44.5 Å². The maximum absolute atomic E-state index is 13.4. The average molecular weight is 551 g/mol. The standard InChI is InChI=1S/C30H30O10/c1-29(2,3)39-27(37)21-13-20(16-8-10-18(26(35)36)24(32)12-16)22(28(38)40-30(4,5)6)14-19(21)15-7-9-17(25(33)34)23(31)11-15/h7-14,31-32H,1-6H3,(H,33,34)(H,35,36). The fourth-order valence-electron chi connectivity index (χ4n) is 3.84. The molecule has 0 heterocycles. The highest BCUT2D eigenvalue weighted by Crippen LogP contribution is 2.37. The second-order valence-corrected chi connectivity index (χ2v) is 11.0. The molecule has 3 rings (SSSR count). The Morgan fingerprint density at radius 1 is 0.550 bits per heavy atom. The zero-order valence-electron chi connectivity index (χ0n) is 22.9. The predicted octanol–water partition coefficient (Wildman–Crippen LogP) is 5.74. The second kappa shape index (κ2) is 10.7. The van der Waals surface area contributed by atoms with Gasteiger partial charge < -0.3 is 29.9 Å². The molecule has 0 radical (unpaired) electrons. The van der Waals surface area contributed by atoms with E-state index in [1.54, 1.807) is 41.5 Å². The molecule has 10 heteroatoms. The molecule has 0 fully saturated rings. The van der Waals surface area contributed by atoms with Crippen LogP contribution in [0.2, 0.25) is 0 Å². The number of carbonyl (C=O) groups excluding carboxylic acids is 2. The molecule has 0 saturated heterocycles. The van der Waals surface area contributed by atoms with Gasteiger partial charge in [0.25, 0.3) is 0 Å². The first-order valence-electron chi connectivity index (χ1n) is 12.2. The van der Waals surface area contributed by atoms with E-state index in [1.807, 2.05) is 0 Å². The summed E-state index contributed by atoms with van der Waals surface area (Å²) in [5.41, 5.74) is -1.92. The van der Waals surface area contributed by atoms with E-state index >= 15 is 0 Å². The van der Waals surface area contributed by atoms with Crippen LogP contribution in [-0.2, 0) is 9.47 Å². The molecule has 40 heavy (non-hydrogen) atoms. The van der Waals surface area contributed by atoms with Gasteiger partial charge in [0, 0.05) is 0 Å². The van der Waals surface area contributed by atoms with Crippen molar-refractivity contribution in [3.8, 4) is 33.8 Å². The quantitative estimate of drug-likeness (QED) is 0.278. The third kappa shape index (κ3) is 6.76. The number of phenols is 2. The van der Waals surface area contributed by atoms with E-state index in [0.29, 0.717) is 0 Å². The number of aromatic hydroxyl groups is 2. The van der Waals surface area contributed by atoms with Gasteiger partial charge in [0.05, 0.1) is 11.1 Å². The van der Waals surface area contributed by atoms with Gasteiger partial charge in [0.1, 0.15) is 33.8 Å². The highest BCUT2D eigenvalue weighted by atomic mass is 16.6. The summed E-state index contributed by atoms with van der Waals surface area (Å²) in [5.74, 6) is -5.40. The minimum Gasteiger partial charge on any atom is -0.507 e. The summed E-state index contributed by atoms with van der Waals surface area (Å²) in [7, 11) is 0. The Kier molecular flexibility index (Phi) is 7.96. The summed E-state index contributed by atoms with van der Waals surface area (Å²) in [6, 6.07) is 10.1. The average Bonchev–Trinajstić information content (AvgIpc) is 2.80. The van der Waals surface area contributed by atoms with Crippen molar-refractivity contribution in [2.75, 3.05) is 0 Å². The Labute approximate surface area is 230 Å². The topological polar surface area (TPSA) is 168 Å². The SMILES string of the molecule is CC(C)(C)OC(=O)c1cc(-c2ccc(C(=O)O)c(O)c2)c(C(=O)OC(C)(C)C)cc1-c1ccc(C(=O)O)c(O)c1. The molecule has 0 aliphatic rings. The number of esters is 2. The normalized spacial score (nSPS) is 11.6. The Balaban J connectivity index is 2.39. The Hall–Kier alpha value is -4.86. The number of aromatic carboxylic acids is 2. The van der Waals surface area contributed by atoms with Crippen molar-refractivity contribution in [2.45, 2.75) is 52.7 Å². The van der Waals surface area contributed by atoms with Crippen LogP contribution in [0.25, 0.3) is 22.3 Å². The van der Waals surface area contributed by atoms with Gasteiger partial charge in [-0.3, -0.25) is 0 Å². The highest BCUT2D eigenvalue weighted by Gasteiger charge is 2.28. The van der Waals surface area contributed by atoms with Crippen LogP contribution < -0.4 is 0 Å². The fourth-order valence-corrected chi connectivity index (χ4v) is 3.84. The van der Waals surface area contributed by atoms with E-state index in [2.05, 4.69) is 0 Å². The molecule has 3 aromatic rings. The van der Waals surface area contributed by atoms with Gasteiger partial charge in [0.15, 0.2) is 0 Å². The third-order valence-corrected chi connectivity index (χ3v) is 5.47.